The quantitative estimate of drug-likeness (QED) is 0.710. The smallest absolute Gasteiger partial charge is 0.394 e. The molecule has 9 heteroatoms. The zero-order valence-corrected chi connectivity index (χ0v) is 11.4. The van der Waals surface area contributed by atoms with E-state index in [1.807, 2.05) is 0 Å². The Morgan fingerprint density at radius 1 is 1.10 bits per heavy atom. The van der Waals surface area contributed by atoms with E-state index < -0.39 is 36.7 Å². The lowest BCUT2D eigenvalue weighted by atomic mass is 9.95. The Morgan fingerprint density at radius 2 is 1.55 bits per heavy atom. The second-order valence-electron chi connectivity index (χ2n) is 4.86. The average Bonchev–Trinajstić information content (AvgIpc) is 2.23. The molecule has 3 nitrogen and oxygen atoms in total. The van der Waals surface area contributed by atoms with Crippen molar-refractivity contribution in [1.82, 2.24) is 5.32 Å². The number of alkyl halides is 6. The summed E-state index contributed by atoms with van der Waals surface area (Å²) in [4.78, 5) is 0. The first-order valence-electron chi connectivity index (χ1n) is 6.00. The number of hydrogen-bond donors (Lipinski definition) is 2. The second-order valence-corrected chi connectivity index (χ2v) is 4.86. The number of likely N-dealkylation sites (N-methyl/N-ethyl adjacent to an activating group) is 1. The summed E-state index contributed by atoms with van der Waals surface area (Å²) in [5.41, 5.74) is -1.00. The third kappa shape index (κ3) is 6.27. The number of halogens is 6. The molecule has 0 fully saturated rings. The van der Waals surface area contributed by atoms with E-state index in [0.29, 0.717) is 6.54 Å². The van der Waals surface area contributed by atoms with E-state index in [9.17, 15) is 26.3 Å². The summed E-state index contributed by atoms with van der Waals surface area (Å²) < 4.78 is 78.1. The molecule has 20 heavy (non-hydrogen) atoms. The Labute approximate surface area is 113 Å². The van der Waals surface area contributed by atoms with Gasteiger partial charge in [-0.2, -0.15) is 26.3 Å². The van der Waals surface area contributed by atoms with Crippen molar-refractivity contribution in [3.8, 4) is 0 Å². The van der Waals surface area contributed by atoms with Crippen LogP contribution in [0, 0.1) is 0 Å². The maximum absolute atomic E-state index is 12.3. The molecule has 0 aromatic heterocycles. The predicted octanol–water partition coefficient (Wildman–Crippen LogP) is 2.64. The van der Waals surface area contributed by atoms with Crippen molar-refractivity contribution < 1.29 is 36.2 Å². The molecule has 0 aromatic carbocycles. The Hall–Kier alpha value is -0.540. The highest BCUT2D eigenvalue weighted by atomic mass is 19.4. The van der Waals surface area contributed by atoms with Gasteiger partial charge in [0.1, 0.15) is 0 Å². The molecule has 0 spiro atoms. The third-order valence-corrected chi connectivity index (χ3v) is 2.65. The highest BCUT2D eigenvalue weighted by molar-refractivity contribution is 4.85. The van der Waals surface area contributed by atoms with E-state index in [-0.39, 0.29) is 6.42 Å². The summed E-state index contributed by atoms with van der Waals surface area (Å²) in [6.45, 7) is 4.28. The molecule has 122 valence electrons. The van der Waals surface area contributed by atoms with Crippen molar-refractivity contribution in [1.29, 1.82) is 0 Å². The Bertz CT molecular complexity index is 280. The van der Waals surface area contributed by atoms with Crippen LogP contribution in [0.2, 0.25) is 0 Å². The standard InChI is InChI=1S/C11H19F6NO2/c1-4-18-9(3,6-19)5-7(2)20-8(10(12,13)14)11(15,16)17/h7-8,18-19H,4-6H2,1-3H3. The molecule has 0 radical (unpaired) electrons. The highest BCUT2D eigenvalue weighted by Gasteiger charge is 2.58. The first-order valence-corrected chi connectivity index (χ1v) is 6.00. The molecule has 0 aliphatic rings. The van der Waals surface area contributed by atoms with Gasteiger partial charge < -0.3 is 15.2 Å². The van der Waals surface area contributed by atoms with Crippen LogP contribution in [0.5, 0.6) is 0 Å². The van der Waals surface area contributed by atoms with E-state index in [1.54, 1.807) is 6.92 Å². The Kier molecular flexibility index (Phi) is 6.76. The molecule has 0 amide bonds. The van der Waals surface area contributed by atoms with Crippen molar-refractivity contribution in [3.05, 3.63) is 0 Å². The maximum Gasteiger partial charge on any atom is 0.423 e. The molecule has 2 N–H and O–H groups in total. The van der Waals surface area contributed by atoms with Gasteiger partial charge in [-0.25, -0.2) is 0 Å². The van der Waals surface area contributed by atoms with Crippen molar-refractivity contribution in [3.63, 3.8) is 0 Å². The van der Waals surface area contributed by atoms with Gasteiger partial charge in [-0.3, -0.25) is 0 Å². The first-order chi connectivity index (χ1) is 8.85. The summed E-state index contributed by atoms with van der Waals surface area (Å²) >= 11 is 0. The molecule has 0 heterocycles. The predicted molar refractivity (Wildman–Crippen MR) is 60.2 cm³/mol. The van der Waals surface area contributed by atoms with Gasteiger partial charge in [0.15, 0.2) is 0 Å². The number of ether oxygens (including phenoxy) is 1. The van der Waals surface area contributed by atoms with Crippen LogP contribution in [0.1, 0.15) is 27.2 Å². The van der Waals surface area contributed by atoms with Crippen LogP contribution in [0.25, 0.3) is 0 Å². The lowest BCUT2D eigenvalue weighted by Crippen LogP contribution is -2.51. The average molecular weight is 311 g/mol. The van der Waals surface area contributed by atoms with Gasteiger partial charge in [0, 0.05) is 5.54 Å². The summed E-state index contributed by atoms with van der Waals surface area (Å²) in [7, 11) is 0. The Balaban J connectivity index is 4.82. The van der Waals surface area contributed by atoms with Crippen LogP contribution in [-0.4, -0.2) is 48.4 Å². The number of aliphatic hydroxyl groups is 1. The fraction of sp³-hybridized carbons (Fsp3) is 1.00. The van der Waals surface area contributed by atoms with Crippen molar-refractivity contribution >= 4 is 0 Å². The Morgan fingerprint density at radius 3 is 1.85 bits per heavy atom. The van der Waals surface area contributed by atoms with Crippen LogP contribution >= 0.6 is 0 Å². The normalized spacial score (nSPS) is 18.1. The molecular weight excluding hydrogens is 292 g/mol. The lowest BCUT2D eigenvalue weighted by molar-refractivity contribution is -0.330. The molecule has 2 atom stereocenters. The van der Waals surface area contributed by atoms with E-state index >= 15 is 0 Å². The first kappa shape index (κ1) is 19.5. The van der Waals surface area contributed by atoms with E-state index in [4.69, 9.17) is 5.11 Å². The molecule has 0 aliphatic carbocycles. The van der Waals surface area contributed by atoms with Crippen LogP contribution in [-0.2, 0) is 4.74 Å². The monoisotopic (exact) mass is 311 g/mol. The van der Waals surface area contributed by atoms with Gasteiger partial charge in [-0.15, -0.1) is 0 Å². The number of rotatable bonds is 7. The SMILES string of the molecule is CCNC(C)(CO)CC(C)OC(C(F)(F)F)C(F)(F)F. The van der Waals surface area contributed by atoms with E-state index in [1.165, 1.54) is 6.92 Å². The van der Waals surface area contributed by atoms with Gasteiger partial charge in [-0.1, -0.05) is 6.92 Å². The largest absolute Gasteiger partial charge is 0.423 e. The third-order valence-electron chi connectivity index (χ3n) is 2.65. The second kappa shape index (κ2) is 6.95. The zero-order valence-electron chi connectivity index (χ0n) is 11.4. The molecule has 0 saturated heterocycles. The summed E-state index contributed by atoms with van der Waals surface area (Å²) in [6, 6.07) is 0. The summed E-state index contributed by atoms with van der Waals surface area (Å²) in [6.07, 6.45) is -16.4. The van der Waals surface area contributed by atoms with Crippen molar-refractivity contribution in [2.24, 2.45) is 0 Å². The van der Waals surface area contributed by atoms with Crippen LogP contribution in [0.15, 0.2) is 0 Å². The molecule has 0 saturated carbocycles. The molecule has 0 bridgehead atoms. The summed E-state index contributed by atoms with van der Waals surface area (Å²) in [5, 5.41) is 12.0. The molecule has 0 aliphatic heterocycles. The van der Waals surface area contributed by atoms with Gasteiger partial charge in [0.25, 0.3) is 0 Å². The minimum Gasteiger partial charge on any atom is -0.394 e. The van der Waals surface area contributed by atoms with Crippen LogP contribution < -0.4 is 5.32 Å². The van der Waals surface area contributed by atoms with Crippen LogP contribution in [0.3, 0.4) is 0 Å². The lowest BCUT2D eigenvalue weighted by Gasteiger charge is -2.33. The zero-order chi connectivity index (χ0) is 16.2. The number of aliphatic hydroxyl groups excluding tert-OH is 1. The van der Waals surface area contributed by atoms with Crippen LogP contribution in [0.4, 0.5) is 26.3 Å². The highest BCUT2D eigenvalue weighted by Crippen LogP contribution is 2.37. The van der Waals surface area contributed by atoms with Gasteiger partial charge in [0.05, 0.1) is 12.7 Å². The number of hydrogen-bond acceptors (Lipinski definition) is 3. The van der Waals surface area contributed by atoms with Gasteiger partial charge in [0.2, 0.25) is 6.10 Å². The topological polar surface area (TPSA) is 41.5 Å². The molecule has 0 rings (SSSR count). The van der Waals surface area contributed by atoms with Crippen molar-refractivity contribution in [2.75, 3.05) is 13.2 Å². The van der Waals surface area contributed by atoms with E-state index in [0.717, 1.165) is 6.92 Å². The van der Waals surface area contributed by atoms with Gasteiger partial charge in [-0.05, 0) is 26.8 Å². The fourth-order valence-corrected chi connectivity index (χ4v) is 1.87. The summed E-state index contributed by atoms with van der Waals surface area (Å²) in [5.74, 6) is 0. The van der Waals surface area contributed by atoms with Crippen molar-refractivity contribution in [2.45, 2.75) is 57.3 Å². The maximum atomic E-state index is 12.3. The minimum absolute atomic E-state index is 0.194. The molecule has 2 unspecified atom stereocenters. The minimum atomic E-state index is -5.53. The molecular formula is C11H19F6NO2. The fourth-order valence-electron chi connectivity index (χ4n) is 1.87. The van der Waals surface area contributed by atoms with E-state index in [2.05, 4.69) is 10.1 Å². The van der Waals surface area contributed by atoms with Gasteiger partial charge >= 0.3 is 12.4 Å². The number of nitrogens with one attached hydrogen (secondary N) is 1. The molecule has 0 aromatic rings.